The van der Waals surface area contributed by atoms with Crippen molar-refractivity contribution in [2.24, 2.45) is 5.92 Å². The number of aromatic amines is 1. The van der Waals surface area contributed by atoms with Gasteiger partial charge in [-0.1, -0.05) is 32.0 Å². The molecule has 0 bridgehead atoms. The monoisotopic (exact) mass is 331 g/mol. The van der Waals surface area contributed by atoms with Gasteiger partial charge in [-0.25, -0.2) is 4.98 Å². The van der Waals surface area contributed by atoms with Crippen LogP contribution in [0.5, 0.6) is 5.75 Å². The maximum absolute atomic E-state index is 9.52. The Morgan fingerprint density at radius 3 is 2.68 bits per heavy atom. The van der Waals surface area contributed by atoms with Crippen molar-refractivity contribution < 1.29 is 4.74 Å². The van der Waals surface area contributed by atoms with Crippen molar-refractivity contribution in [1.82, 2.24) is 9.97 Å². The van der Waals surface area contributed by atoms with Gasteiger partial charge >= 0.3 is 0 Å². The molecule has 0 fully saturated rings. The van der Waals surface area contributed by atoms with Crippen molar-refractivity contribution in [1.29, 1.82) is 5.26 Å². The van der Waals surface area contributed by atoms with E-state index in [0.717, 1.165) is 27.9 Å². The van der Waals surface area contributed by atoms with Crippen molar-refractivity contribution >= 4 is 22.7 Å². The number of H-pyrrole nitrogens is 1. The molecule has 0 spiro atoms. The largest absolute Gasteiger partial charge is 0.493 e. The average molecular weight is 331 g/mol. The van der Waals surface area contributed by atoms with E-state index in [1.54, 1.807) is 0 Å². The van der Waals surface area contributed by atoms with Crippen LogP contribution >= 0.6 is 0 Å². The normalized spacial score (nSPS) is 11.7. The molecule has 1 heterocycles. The van der Waals surface area contributed by atoms with E-state index in [4.69, 9.17) is 4.74 Å². The Bertz CT molecular complexity index is 943. The first-order valence-electron chi connectivity index (χ1n) is 8.36. The molecule has 0 aliphatic rings. The zero-order valence-electron chi connectivity index (χ0n) is 14.7. The van der Waals surface area contributed by atoms with E-state index in [9.17, 15) is 5.26 Å². The second-order valence-electron chi connectivity index (χ2n) is 6.55. The highest BCUT2D eigenvalue weighted by molar-refractivity contribution is 5.90. The van der Waals surface area contributed by atoms with E-state index in [-0.39, 0.29) is 0 Å². The second-order valence-corrected chi connectivity index (χ2v) is 6.55. The van der Waals surface area contributed by atoms with Gasteiger partial charge in [0, 0.05) is 0 Å². The number of hydrogen-bond donors (Lipinski definition) is 1. The van der Waals surface area contributed by atoms with Crippen molar-refractivity contribution in [3.05, 3.63) is 59.4 Å². The third-order valence-corrected chi connectivity index (χ3v) is 3.79. The summed E-state index contributed by atoms with van der Waals surface area (Å²) in [5.74, 6) is 1.91. The number of nitriles is 1. The molecule has 3 aromatic rings. The van der Waals surface area contributed by atoms with Gasteiger partial charge in [0.15, 0.2) is 0 Å². The molecule has 0 saturated heterocycles. The molecule has 2 aromatic carbocycles. The summed E-state index contributed by atoms with van der Waals surface area (Å²) in [6.45, 7) is 6.96. The summed E-state index contributed by atoms with van der Waals surface area (Å²) in [5.41, 5.74) is 4.39. The molecule has 0 radical (unpaired) electrons. The first kappa shape index (κ1) is 16.8. The number of imidazole rings is 1. The predicted octanol–water partition coefficient (Wildman–Crippen LogP) is 4.97. The van der Waals surface area contributed by atoms with Crippen LogP contribution in [0.15, 0.2) is 42.5 Å². The Morgan fingerprint density at radius 2 is 2.00 bits per heavy atom. The molecular weight excluding hydrogens is 310 g/mol. The standard InChI is InChI=1S/C21H21N3O/c1-14(2)13-25-18-7-5-16(6-8-18)11-17(12-22)21-23-19-9-4-15(3)10-20(19)24-21/h4-11,14H,13H2,1-3H3,(H,23,24). The molecule has 4 nitrogen and oxygen atoms in total. The first-order valence-corrected chi connectivity index (χ1v) is 8.36. The Kier molecular flexibility index (Phi) is 4.85. The second kappa shape index (κ2) is 7.23. The number of nitrogens with one attached hydrogen (secondary N) is 1. The van der Waals surface area contributed by atoms with E-state index in [1.165, 1.54) is 0 Å². The van der Waals surface area contributed by atoms with Gasteiger partial charge in [-0.15, -0.1) is 0 Å². The zero-order chi connectivity index (χ0) is 17.8. The van der Waals surface area contributed by atoms with Crippen LogP contribution < -0.4 is 4.74 Å². The van der Waals surface area contributed by atoms with E-state index >= 15 is 0 Å². The minimum Gasteiger partial charge on any atom is -0.493 e. The van der Waals surface area contributed by atoms with Gasteiger partial charge in [0.25, 0.3) is 0 Å². The summed E-state index contributed by atoms with van der Waals surface area (Å²) in [4.78, 5) is 7.74. The predicted molar refractivity (Wildman–Crippen MR) is 101 cm³/mol. The number of benzene rings is 2. The van der Waals surface area contributed by atoms with Crippen LogP contribution in [-0.4, -0.2) is 16.6 Å². The van der Waals surface area contributed by atoms with Crippen LogP contribution in [0, 0.1) is 24.2 Å². The van der Waals surface area contributed by atoms with Crippen LogP contribution in [0.1, 0.15) is 30.8 Å². The van der Waals surface area contributed by atoms with E-state index in [0.29, 0.717) is 23.9 Å². The first-order chi connectivity index (χ1) is 12.0. The Hall–Kier alpha value is -3.06. The van der Waals surface area contributed by atoms with Gasteiger partial charge < -0.3 is 9.72 Å². The van der Waals surface area contributed by atoms with E-state index < -0.39 is 0 Å². The summed E-state index contributed by atoms with van der Waals surface area (Å²) >= 11 is 0. The molecule has 0 aliphatic carbocycles. The molecule has 1 N–H and O–H groups in total. The number of aryl methyl sites for hydroxylation is 1. The lowest BCUT2D eigenvalue weighted by Gasteiger charge is -2.08. The topological polar surface area (TPSA) is 61.7 Å². The fourth-order valence-corrected chi connectivity index (χ4v) is 2.49. The Labute approximate surface area is 147 Å². The number of rotatable bonds is 5. The molecule has 0 atom stereocenters. The molecule has 3 rings (SSSR count). The minimum absolute atomic E-state index is 0.487. The highest BCUT2D eigenvalue weighted by atomic mass is 16.5. The molecule has 4 heteroatoms. The van der Waals surface area contributed by atoms with Crippen molar-refractivity contribution in [3.63, 3.8) is 0 Å². The number of fused-ring (bicyclic) bond motifs is 1. The molecule has 126 valence electrons. The minimum atomic E-state index is 0.487. The molecule has 25 heavy (non-hydrogen) atoms. The van der Waals surface area contributed by atoms with Gasteiger partial charge in [-0.05, 0) is 54.3 Å². The summed E-state index contributed by atoms with van der Waals surface area (Å²) in [7, 11) is 0. The maximum atomic E-state index is 9.52. The lowest BCUT2D eigenvalue weighted by atomic mass is 10.1. The summed E-state index contributed by atoms with van der Waals surface area (Å²) in [6.07, 6.45) is 1.83. The Morgan fingerprint density at radius 1 is 1.24 bits per heavy atom. The van der Waals surface area contributed by atoms with E-state index in [2.05, 4.69) is 29.9 Å². The molecule has 0 aliphatic heterocycles. The lowest BCUT2D eigenvalue weighted by Crippen LogP contribution is -2.04. The molecule has 0 amide bonds. The van der Waals surface area contributed by atoms with Gasteiger partial charge in [-0.2, -0.15) is 5.26 Å². The zero-order valence-corrected chi connectivity index (χ0v) is 14.7. The van der Waals surface area contributed by atoms with Gasteiger partial charge in [0.1, 0.15) is 17.6 Å². The number of nitrogens with zero attached hydrogens (tertiary/aromatic N) is 2. The van der Waals surface area contributed by atoms with Crippen molar-refractivity contribution in [2.75, 3.05) is 6.61 Å². The smallest absolute Gasteiger partial charge is 0.149 e. The summed E-state index contributed by atoms with van der Waals surface area (Å²) in [6, 6.07) is 16.0. The van der Waals surface area contributed by atoms with Crippen LogP contribution in [0.2, 0.25) is 0 Å². The van der Waals surface area contributed by atoms with Crippen molar-refractivity contribution in [2.45, 2.75) is 20.8 Å². The maximum Gasteiger partial charge on any atom is 0.149 e. The van der Waals surface area contributed by atoms with Gasteiger partial charge in [0.05, 0.1) is 23.2 Å². The molecule has 0 saturated carbocycles. The van der Waals surface area contributed by atoms with Crippen LogP contribution in [-0.2, 0) is 0 Å². The van der Waals surface area contributed by atoms with Gasteiger partial charge in [0.2, 0.25) is 0 Å². The fraction of sp³-hybridized carbons (Fsp3) is 0.238. The highest BCUT2D eigenvalue weighted by Crippen LogP contribution is 2.21. The summed E-state index contributed by atoms with van der Waals surface area (Å²) < 4.78 is 5.69. The number of ether oxygens (including phenoxy) is 1. The summed E-state index contributed by atoms with van der Waals surface area (Å²) in [5, 5.41) is 9.52. The third kappa shape index (κ3) is 4.07. The number of hydrogen-bond acceptors (Lipinski definition) is 3. The quantitative estimate of drug-likeness (QED) is 0.671. The number of allylic oxidation sites excluding steroid dienone is 1. The van der Waals surface area contributed by atoms with Crippen LogP contribution in [0.3, 0.4) is 0 Å². The SMILES string of the molecule is Cc1ccc2nc(C(C#N)=Cc3ccc(OCC(C)C)cc3)[nH]c2c1. The average Bonchev–Trinajstić information content (AvgIpc) is 3.01. The Balaban J connectivity index is 1.85. The lowest BCUT2D eigenvalue weighted by molar-refractivity contribution is 0.271. The molecule has 0 unspecified atom stereocenters. The van der Waals surface area contributed by atoms with Gasteiger partial charge in [-0.3, -0.25) is 0 Å². The number of aromatic nitrogens is 2. The van der Waals surface area contributed by atoms with Crippen LogP contribution in [0.4, 0.5) is 0 Å². The van der Waals surface area contributed by atoms with E-state index in [1.807, 2.05) is 55.5 Å². The third-order valence-electron chi connectivity index (χ3n) is 3.79. The highest BCUT2D eigenvalue weighted by Gasteiger charge is 2.08. The molecular formula is C21H21N3O. The fourth-order valence-electron chi connectivity index (χ4n) is 2.49. The van der Waals surface area contributed by atoms with Crippen molar-refractivity contribution in [3.8, 4) is 11.8 Å². The molecule has 1 aromatic heterocycles. The van der Waals surface area contributed by atoms with Crippen LogP contribution in [0.25, 0.3) is 22.7 Å².